The Hall–Kier alpha value is -2.82. The maximum absolute atomic E-state index is 10.8. The Morgan fingerprint density at radius 1 is 1.18 bits per heavy atom. The second kappa shape index (κ2) is 5.18. The standard InChI is InChI=1S/C17H16N2O3/c1-10-5-12(6-11(2)17(10)20)7-13-9-18-16-8-14(19(21)22)3-4-15(13)16/h3-6,8-9,18,20H,7H2,1-2H3. The minimum atomic E-state index is -0.396. The summed E-state index contributed by atoms with van der Waals surface area (Å²) in [5.41, 5.74) is 4.73. The molecule has 2 aromatic carbocycles. The maximum Gasteiger partial charge on any atom is 0.271 e. The lowest BCUT2D eigenvalue weighted by molar-refractivity contribution is -0.384. The molecule has 0 atom stereocenters. The smallest absolute Gasteiger partial charge is 0.271 e. The van der Waals surface area contributed by atoms with Gasteiger partial charge in [-0.05, 0) is 48.6 Å². The van der Waals surface area contributed by atoms with E-state index in [9.17, 15) is 15.2 Å². The second-order valence-electron chi connectivity index (χ2n) is 5.56. The quantitative estimate of drug-likeness (QED) is 0.566. The summed E-state index contributed by atoms with van der Waals surface area (Å²) < 4.78 is 0. The number of benzene rings is 2. The van der Waals surface area contributed by atoms with E-state index in [2.05, 4.69) is 4.98 Å². The highest BCUT2D eigenvalue weighted by Gasteiger charge is 2.11. The number of aromatic hydroxyl groups is 1. The summed E-state index contributed by atoms with van der Waals surface area (Å²) >= 11 is 0. The number of hydrogen-bond donors (Lipinski definition) is 2. The van der Waals surface area contributed by atoms with E-state index in [4.69, 9.17) is 0 Å². The van der Waals surface area contributed by atoms with Crippen LogP contribution in [0.2, 0.25) is 0 Å². The highest BCUT2D eigenvalue weighted by molar-refractivity contribution is 5.85. The lowest BCUT2D eigenvalue weighted by Gasteiger charge is -2.07. The Balaban J connectivity index is 1.99. The Morgan fingerprint density at radius 2 is 1.86 bits per heavy atom. The van der Waals surface area contributed by atoms with Crippen LogP contribution in [-0.2, 0) is 6.42 Å². The highest BCUT2D eigenvalue weighted by Crippen LogP contribution is 2.28. The van der Waals surface area contributed by atoms with Crippen molar-refractivity contribution >= 4 is 16.6 Å². The maximum atomic E-state index is 10.8. The number of nitro groups is 1. The van der Waals surface area contributed by atoms with Gasteiger partial charge in [0.05, 0.1) is 10.4 Å². The van der Waals surface area contributed by atoms with E-state index in [-0.39, 0.29) is 5.69 Å². The van der Waals surface area contributed by atoms with E-state index in [0.717, 1.165) is 33.2 Å². The monoisotopic (exact) mass is 296 g/mol. The first-order chi connectivity index (χ1) is 10.5. The molecule has 112 valence electrons. The normalized spacial score (nSPS) is 11.0. The topological polar surface area (TPSA) is 79.2 Å². The lowest BCUT2D eigenvalue weighted by Crippen LogP contribution is -1.91. The molecule has 3 aromatic rings. The van der Waals surface area contributed by atoms with Gasteiger partial charge >= 0.3 is 0 Å². The van der Waals surface area contributed by atoms with E-state index in [1.165, 1.54) is 6.07 Å². The minimum Gasteiger partial charge on any atom is -0.507 e. The number of aromatic nitrogens is 1. The van der Waals surface area contributed by atoms with Crippen LogP contribution in [0.4, 0.5) is 5.69 Å². The van der Waals surface area contributed by atoms with Crippen LogP contribution in [-0.4, -0.2) is 15.0 Å². The van der Waals surface area contributed by atoms with Gasteiger partial charge in [-0.2, -0.15) is 0 Å². The van der Waals surface area contributed by atoms with Gasteiger partial charge in [0.15, 0.2) is 0 Å². The summed E-state index contributed by atoms with van der Waals surface area (Å²) in [4.78, 5) is 13.5. The zero-order chi connectivity index (χ0) is 15.9. The summed E-state index contributed by atoms with van der Waals surface area (Å²) in [6.07, 6.45) is 2.59. The average Bonchev–Trinajstić information content (AvgIpc) is 2.87. The lowest BCUT2D eigenvalue weighted by atomic mass is 9.99. The number of aromatic amines is 1. The molecule has 2 N–H and O–H groups in total. The molecule has 3 rings (SSSR count). The highest BCUT2D eigenvalue weighted by atomic mass is 16.6. The minimum absolute atomic E-state index is 0.0808. The predicted molar refractivity (Wildman–Crippen MR) is 85.3 cm³/mol. The van der Waals surface area contributed by atoms with Crippen LogP contribution in [0.25, 0.3) is 10.9 Å². The molecule has 0 spiro atoms. The van der Waals surface area contributed by atoms with Gasteiger partial charge in [-0.3, -0.25) is 10.1 Å². The zero-order valence-corrected chi connectivity index (χ0v) is 12.4. The summed E-state index contributed by atoms with van der Waals surface area (Å²) in [6.45, 7) is 3.76. The third kappa shape index (κ3) is 2.41. The molecule has 0 saturated heterocycles. The molecule has 0 bridgehead atoms. The van der Waals surface area contributed by atoms with Crippen molar-refractivity contribution in [2.45, 2.75) is 20.3 Å². The fourth-order valence-corrected chi connectivity index (χ4v) is 2.80. The third-order valence-electron chi connectivity index (χ3n) is 3.91. The Labute approximate surface area is 127 Å². The molecule has 0 aliphatic heterocycles. The van der Waals surface area contributed by atoms with Gasteiger partial charge in [-0.1, -0.05) is 12.1 Å². The first-order valence-electron chi connectivity index (χ1n) is 6.99. The summed E-state index contributed by atoms with van der Waals surface area (Å²) in [7, 11) is 0. The molecule has 0 saturated carbocycles. The van der Waals surface area contributed by atoms with Crippen molar-refractivity contribution in [1.29, 1.82) is 0 Å². The van der Waals surface area contributed by atoms with Gasteiger partial charge in [0, 0.05) is 23.7 Å². The molecule has 0 aliphatic carbocycles. The number of H-pyrrole nitrogens is 1. The van der Waals surface area contributed by atoms with Crippen LogP contribution in [0, 0.1) is 24.0 Å². The van der Waals surface area contributed by atoms with Crippen LogP contribution in [0.5, 0.6) is 5.75 Å². The number of rotatable bonds is 3. The average molecular weight is 296 g/mol. The largest absolute Gasteiger partial charge is 0.507 e. The van der Waals surface area contributed by atoms with Gasteiger partial charge in [0.1, 0.15) is 5.75 Å². The number of fused-ring (bicyclic) bond motifs is 1. The summed E-state index contributed by atoms with van der Waals surface area (Å²) in [5, 5.41) is 21.6. The van der Waals surface area contributed by atoms with Crippen LogP contribution in [0.3, 0.4) is 0 Å². The number of nitrogens with one attached hydrogen (secondary N) is 1. The first kappa shape index (κ1) is 14.1. The van der Waals surface area contributed by atoms with E-state index < -0.39 is 4.92 Å². The van der Waals surface area contributed by atoms with Gasteiger partial charge < -0.3 is 10.1 Å². The Morgan fingerprint density at radius 3 is 2.50 bits per heavy atom. The van der Waals surface area contributed by atoms with Crippen molar-refractivity contribution in [3.63, 3.8) is 0 Å². The van der Waals surface area contributed by atoms with Crippen LogP contribution in [0.15, 0.2) is 36.5 Å². The summed E-state index contributed by atoms with van der Waals surface area (Å²) in [6, 6.07) is 8.78. The second-order valence-corrected chi connectivity index (χ2v) is 5.56. The molecule has 22 heavy (non-hydrogen) atoms. The number of nitro benzene ring substituents is 1. The number of non-ortho nitro benzene ring substituents is 1. The van der Waals surface area contributed by atoms with Crippen LogP contribution in [0.1, 0.15) is 22.3 Å². The molecule has 5 nitrogen and oxygen atoms in total. The molecule has 1 aromatic heterocycles. The van der Waals surface area contributed by atoms with E-state index in [1.807, 2.05) is 32.2 Å². The van der Waals surface area contributed by atoms with E-state index in [0.29, 0.717) is 12.2 Å². The number of phenols is 1. The van der Waals surface area contributed by atoms with Gasteiger partial charge in [0.25, 0.3) is 5.69 Å². The van der Waals surface area contributed by atoms with Crippen molar-refractivity contribution in [1.82, 2.24) is 4.98 Å². The van der Waals surface area contributed by atoms with Crippen molar-refractivity contribution in [2.24, 2.45) is 0 Å². The van der Waals surface area contributed by atoms with Crippen molar-refractivity contribution < 1.29 is 10.0 Å². The molecule has 0 amide bonds. The Kier molecular flexibility index (Phi) is 3.33. The molecular formula is C17H16N2O3. The molecular weight excluding hydrogens is 280 g/mol. The van der Waals surface area contributed by atoms with Gasteiger partial charge in [-0.15, -0.1) is 0 Å². The fraction of sp³-hybridized carbons (Fsp3) is 0.176. The van der Waals surface area contributed by atoms with Crippen molar-refractivity contribution in [3.05, 3.63) is 68.9 Å². The van der Waals surface area contributed by atoms with Crippen molar-refractivity contribution in [2.75, 3.05) is 0 Å². The molecule has 5 heteroatoms. The van der Waals surface area contributed by atoms with Gasteiger partial charge in [0.2, 0.25) is 0 Å². The Bertz CT molecular complexity index is 858. The molecule has 0 radical (unpaired) electrons. The van der Waals surface area contributed by atoms with Gasteiger partial charge in [-0.25, -0.2) is 0 Å². The molecule has 0 fully saturated rings. The zero-order valence-electron chi connectivity index (χ0n) is 12.4. The number of phenolic OH excluding ortho intramolecular Hbond substituents is 1. The van der Waals surface area contributed by atoms with E-state index in [1.54, 1.807) is 12.1 Å². The molecule has 0 unspecified atom stereocenters. The van der Waals surface area contributed by atoms with E-state index >= 15 is 0 Å². The molecule has 1 heterocycles. The van der Waals surface area contributed by atoms with Crippen LogP contribution < -0.4 is 0 Å². The fourth-order valence-electron chi connectivity index (χ4n) is 2.80. The SMILES string of the molecule is Cc1cc(Cc2c[nH]c3cc([N+](=O)[O-])ccc23)cc(C)c1O. The third-order valence-corrected chi connectivity index (χ3v) is 3.91. The van der Waals surface area contributed by atoms with Crippen molar-refractivity contribution in [3.8, 4) is 5.75 Å². The predicted octanol–water partition coefficient (Wildman–Crippen LogP) is 3.99. The molecule has 0 aliphatic rings. The number of hydrogen-bond acceptors (Lipinski definition) is 3. The number of nitrogens with zero attached hydrogens (tertiary/aromatic N) is 1. The first-order valence-corrected chi connectivity index (χ1v) is 6.99. The van der Waals surface area contributed by atoms with Crippen LogP contribution >= 0.6 is 0 Å². The number of aryl methyl sites for hydroxylation is 2. The summed E-state index contributed by atoms with van der Waals surface area (Å²) in [5.74, 6) is 0.332.